The third kappa shape index (κ3) is 5.01. The van der Waals surface area contributed by atoms with Crippen LogP contribution >= 0.6 is 0 Å². The zero-order valence-corrected chi connectivity index (χ0v) is 24.2. The molecule has 0 fully saturated rings. The average Bonchev–Trinajstić information content (AvgIpc) is 3.21. The molecule has 9 heteroatoms. The standard InChI is InChI=1S/C31H37N5O4/c1-18-8-9-21(14-22(18)16-36-15-19(2)40-26-12-13-27(37)32-24(26)17-36)28(31(4,5)30(38)39-7)23-10-11-25-29(20(23)3)33-34-35(25)6/h8-14,19,28H,15-17H2,1-7H3,(H,32,37)/t19-,28+/m1/s1. The van der Waals surface area contributed by atoms with Gasteiger partial charge in [-0.15, -0.1) is 5.10 Å². The first kappa shape index (κ1) is 27.6. The minimum absolute atomic E-state index is 0.0389. The molecule has 1 aliphatic rings. The summed E-state index contributed by atoms with van der Waals surface area (Å²) < 4.78 is 13.1. The Morgan fingerprint density at radius 1 is 1.20 bits per heavy atom. The van der Waals surface area contributed by atoms with Crippen molar-refractivity contribution in [1.82, 2.24) is 24.9 Å². The van der Waals surface area contributed by atoms with Gasteiger partial charge in [-0.3, -0.25) is 14.5 Å². The van der Waals surface area contributed by atoms with Crippen LogP contribution in [0.2, 0.25) is 0 Å². The molecule has 1 N–H and O–H groups in total. The van der Waals surface area contributed by atoms with Crippen LogP contribution < -0.4 is 10.3 Å². The Morgan fingerprint density at radius 3 is 2.73 bits per heavy atom. The number of aromatic nitrogens is 4. The Hall–Kier alpha value is -3.98. The number of carbonyl (C=O) groups is 1. The van der Waals surface area contributed by atoms with Gasteiger partial charge in [-0.1, -0.05) is 29.5 Å². The molecule has 2 aromatic heterocycles. The second-order valence-corrected chi connectivity index (χ2v) is 11.5. The largest absolute Gasteiger partial charge is 0.488 e. The highest BCUT2D eigenvalue weighted by Crippen LogP contribution is 2.44. The number of aryl methyl sites for hydroxylation is 3. The lowest BCUT2D eigenvalue weighted by Crippen LogP contribution is -2.34. The molecule has 2 atom stereocenters. The maximum Gasteiger partial charge on any atom is 0.312 e. The molecule has 0 aliphatic carbocycles. The highest BCUT2D eigenvalue weighted by Gasteiger charge is 2.41. The maximum absolute atomic E-state index is 13.2. The number of nitrogens with zero attached hydrogens (tertiary/aromatic N) is 4. The molecule has 3 heterocycles. The summed E-state index contributed by atoms with van der Waals surface area (Å²) in [6.45, 7) is 12.0. The van der Waals surface area contributed by atoms with Crippen LogP contribution in [0.1, 0.15) is 60.2 Å². The van der Waals surface area contributed by atoms with Crippen molar-refractivity contribution in [3.05, 3.63) is 86.3 Å². The third-order valence-electron chi connectivity index (χ3n) is 8.11. The van der Waals surface area contributed by atoms with Crippen molar-refractivity contribution >= 4 is 17.0 Å². The number of hydrogen-bond acceptors (Lipinski definition) is 7. The molecule has 0 unspecified atom stereocenters. The van der Waals surface area contributed by atoms with Crippen molar-refractivity contribution in [3.8, 4) is 5.75 Å². The van der Waals surface area contributed by atoms with Crippen LogP contribution in [-0.2, 0) is 29.7 Å². The van der Waals surface area contributed by atoms with E-state index in [0.717, 1.165) is 50.3 Å². The van der Waals surface area contributed by atoms with Crippen molar-refractivity contribution in [3.63, 3.8) is 0 Å². The Bertz CT molecular complexity index is 1640. The van der Waals surface area contributed by atoms with E-state index in [9.17, 15) is 9.59 Å². The summed E-state index contributed by atoms with van der Waals surface area (Å²) in [7, 11) is 3.31. The topological polar surface area (TPSA) is 102 Å². The molecular weight excluding hydrogens is 506 g/mol. The first-order valence-corrected chi connectivity index (χ1v) is 13.6. The fraction of sp³-hybridized carbons (Fsp3) is 0.419. The lowest BCUT2D eigenvalue weighted by atomic mass is 9.69. The van der Waals surface area contributed by atoms with Gasteiger partial charge >= 0.3 is 5.97 Å². The van der Waals surface area contributed by atoms with Crippen LogP contribution in [0.5, 0.6) is 5.75 Å². The predicted molar refractivity (Wildman–Crippen MR) is 153 cm³/mol. The van der Waals surface area contributed by atoms with Gasteiger partial charge < -0.3 is 14.5 Å². The first-order chi connectivity index (χ1) is 19.0. The number of esters is 1. The van der Waals surface area contributed by atoms with E-state index in [1.54, 1.807) is 10.7 Å². The number of carbonyl (C=O) groups excluding carboxylic acids is 1. The monoisotopic (exact) mass is 543 g/mol. The molecule has 0 amide bonds. The molecule has 210 valence electrons. The summed E-state index contributed by atoms with van der Waals surface area (Å²) in [5.41, 5.74) is 6.88. The van der Waals surface area contributed by atoms with Crippen LogP contribution in [0.3, 0.4) is 0 Å². The van der Waals surface area contributed by atoms with Gasteiger partial charge in [0.2, 0.25) is 5.56 Å². The number of benzene rings is 2. The van der Waals surface area contributed by atoms with Gasteiger partial charge in [0.05, 0.1) is 23.7 Å². The number of hydrogen-bond donors (Lipinski definition) is 1. The van der Waals surface area contributed by atoms with E-state index in [1.807, 2.05) is 40.8 Å². The maximum atomic E-state index is 13.2. The zero-order valence-electron chi connectivity index (χ0n) is 24.2. The number of ether oxygens (including phenoxy) is 2. The normalized spacial score (nSPS) is 16.7. The second kappa shape index (κ2) is 10.5. The Balaban J connectivity index is 1.57. The Kier molecular flexibility index (Phi) is 7.27. The van der Waals surface area contributed by atoms with Gasteiger partial charge in [0.1, 0.15) is 17.4 Å². The summed E-state index contributed by atoms with van der Waals surface area (Å²) in [6, 6.07) is 13.8. The lowest BCUT2D eigenvalue weighted by Gasteiger charge is -2.34. The molecule has 9 nitrogen and oxygen atoms in total. The highest BCUT2D eigenvalue weighted by atomic mass is 16.5. The van der Waals surface area contributed by atoms with E-state index in [-0.39, 0.29) is 23.6 Å². The molecule has 0 bridgehead atoms. The minimum atomic E-state index is -0.856. The Labute approximate surface area is 234 Å². The molecule has 2 aromatic carbocycles. The summed E-state index contributed by atoms with van der Waals surface area (Å²) in [5, 5.41) is 8.61. The van der Waals surface area contributed by atoms with Gasteiger partial charge in [0.15, 0.2) is 0 Å². The minimum Gasteiger partial charge on any atom is -0.488 e. The van der Waals surface area contributed by atoms with Gasteiger partial charge in [-0.05, 0) is 74.6 Å². The number of rotatable bonds is 6. The molecule has 0 saturated heterocycles. The van der Waals surface area contributed by atoms with Crippen molar-refractivity contribution < 1.29 is 14.3 Å². The van der Waals surface area contributed by atoms with E-state index in [0.29, 0.717) is 19.6 Å². The third-order valence-corrected chi connectivity index (χ3v) is 8.11. The zero-order chi connectivity index (χ0) is 28.8. The van der Waals surface area contributed by atoms with Gasteiger partial charge in [-0.2, -0.15) is 0 Å². The molecule has 0 spiro atoms. The molecule has 40 heavy (non-hydrogen) atoms. The van der Waals surface area contributed by atoms with Gasteiger partial charge in [0.25, 0.3) is 0 Å². The van der Waals surface area contributed by atoms with E-state index in [1.165, 1.54) is 13.2 Å². The lowest BCUT2D eigenvalue weighted by molar-refractivity contribution is -0.151. The smallest absolute Gasteiger partial charge is 0.312 e. The van der Waals surface area contributed by atoms with Crippen LogP contribution in [0.4, 0.5) is 0 Å². The highest BCUT2D eigenvalue weighted by molar-refractivity contribution is 5.82. The first-order valence-electron chi connectivity index (χ1n) is 13.6. The van der Waals surface area contributed by atoms with Crippen molar-refractivity contribution in [1.29, 1.82) is 0 Å². The summed E-state index contributed by atoms with van der Waals surface area (Å²) in [5.74, 6) is 0.154. The summed E-state index contributed by atoms with van der Waals surface area (Å²) in [6.07, 6.45) is -0.0389. The number of nitrogens with one attached hydrogen (secondary N) is 1. The fourth-order valence-electron chi connectivity index (χ4n) is 5.97. The summed E-state index contributed by atoms with van der Waals surface area (Å²) in [4.78, 5) is 30.4. The molecule has 4 aromatic rings. The van der Waals surface area contributed by atoms with E-state index in [2.05, 4.69) is 51.4 Å². The molecule has 1 aliphatic heterocycles. The quantitative estimate of drug-likeness (QED) is 0.360. The SMILES string of the molecule is COC(=O)C(C)(C)[C@@H](c1ccc(C)c(CN2Cc3[nH]c(=O)ccc3O[C@H](C)C2)c1)c1ccc2c(nnn2C)c1C. The number of methoxy groups -OCH3 is 1. The van der Waals surface area contributed by atoms with Gasteiger partial charge in [0, 0.05) is 38.7 Å². The number of aromatic amines is 1. The van der Waals surface area contributed by atoms with Gasteiger partial charge in [-0.25, -0.2) is 4.68 Å². The second-order valence-electron chi connectivity index (χ2n) is 11.5. The predicted octanol–water partition coefficient (Wildman–Crippen LogP) is 4.39. The molecule has 5 rings (SSSR count). The molecular formula is C31H37N5O4. The molecule has 0 saturated carbocycles. The van der Waals surface area contributed by atoms with Crippen molar-refractivity contribution in [2.24, 2.45) is 12.5 Å². The fourth-order valence-corrected chi connectivity index (χ4v) is 5.97. The van der Waals surface area contributed by atoms with E-state index >= 15 is 0 Å². The Morgan fingerprint density at radius 2 is 1.98 bits per heavy atom. The van der Waals surface area contributed by atoms with Crippen LogP contribution in [-0.4, -0.2) is 50.6 Å². The van der Waals surface area contributed by atoms with Crippen LogP contribution in [0, 0.1) is 19.3 Å². The number of H-pyrrole nitrogens is 1. The molecule has 0 radical (unpaired) electrons. The number of fused-ring (bicyclic) bond motifs is 2. The van der Waals surface area contributed by atoms with E-state index < -0.39 is 5.41 Å². The van der Waals surface area contributed by atoms with Crippen molar-refractivity contribution in [2.75, 3.05) is 13.7 Å². The van der Waals surface area contributed by atoms with Crippen LogP contribution in [0.25, 0.3) is 11.0 Å². The number of pyridine rings is 1. The summed E-state index contributed by atoms with van der Waals surface area (Å²) >= 11 is 0. The average molecular weight is 544 g/mol. The van der Waals surface area contributed by atoms with Crippen molar-refractivity contribution in [2.45, 2.75) is 59.7 Å². The van der Waals surface area contributed by atoms with E-state index in [4.69, 9.17) is 9.47 Å². The van der Waals surface area contributed by atoms with Crippen LogP contribution in [0.15, 0.2) is 47.3 Å².